The lowest BCUT2D eigenvalue weighted by molar-refractivity contribution is 0.0592. The lowest BCUT2D eigenvalue weighted by Crippen LogP contribution is -2.12. The molecule has 9 aromatic carbocycles. The Hall–Kier alpha value is -7.96. The van der Waals surface area contributed by atoms with Gasteiger partial charge in [0.1, 0.15) is 0 Å². The van der Waals surface area contributed by atoms with Crippen molar-refractivity contribution in [2.75, 3.05) is 24.0 Å². The molecule has 0 aliphatic rings. The van der Waals surface area contributed by atoms with Crippen molar-refractivity contribution in [1.29, 1.82) is 0 Å². The van der Waals surface area contributed by atoms with Gasteiger partial charge in [0.2, 0.25) is 0 Å². The Morgan fingerprint density at radius 1 is 0.350 bits per heavy atom. The van der Waals surface area contributed by atoms with Crippen LogP contribution in [0.2, 0.25) is 0 Å². The quantitative estimate of drug-likeness (QED) is 0.102. The first kappa shape index (κ1) is 37.6. The highest BCUT2D eigenvalue weighted by atomic mass is 16.5. The van der Waals surface area contributed by atoms with E-state index in [1.165, 1.54) is 14.2 Å². The smallest absolute Gasteiger partial charge is 0.337 e. The number of hydrogen-bond acceptors (Lipinski definition) is 6. The first-order chi connectivity index (χ1) is 29.5. The maximum absolute atomic E-state index is 12.6. The van der Waals surface area contributed by atoms with Gasteiger partial charge >= 0.3 is 11.9 Å². The predicted octanol–water partition coefficient (Wildman–Crippen LogP) is 13.8. The Morgan fingerprint density at radius 3 is 1.18 bits per heavy atom. The van der Waals surface area contributed by atoms with Crippen LogP contribution in [0.3, 0.4) is 0 Å². The second-order valence-electron chi connectivity index (χ2n) is 14.3. The number of fused-ring (bicyclic) bond motifs is 2. The van der Waals surface area contributed by atoms with Crippen LogP contribution < -0.4 is 9.80 Å². The van der Waals surface area contributed by atoms with Crippen LogP contribution in [0.1, 0.15) is 20.7 Å². The summed E-state index contributed by atoms with van der Waals surface area (Å²) in [5.41, 5.74) is 11.0. The number of hydrogen-bond donors (Lipinski definition) is 0. The fourth-order valence-electron chi connectivity index (χ4n) is 8.15. The highest BCUT2D eigenvalue weighted by Gasteiger charge is 2.24. The zero-order chi connectivity index (χ0) is 41.0. The van der Waals surface area contributed by atoms with Crippen molar-refractivity contribution < 1.29 is 19.1 Å². The van der Waals surface area contributed by atoms with E-state index in [4.69, 9.17) is 9.47 Å². The fourth-order valence-corrected chi connectivity index (χ4v) is 8.15. The maximum atomic E-state index is 12.6. The molecule has 0 aliphatic carbocycles. The minimum atomic E-state index is -0.389. The number of carbonyl (C=O) groups excluding carboxylic acids is 2. The van der Waals surface area contributed by atoms with E-state index in [1.54, 1.807) is 0 Å². The van der Waals surface area contributed by atoms with E-state index >= 15 is 0 Å². The summed E-state index contributed by atoms with van der Waals surface area (Å²) in [6, 6.07) is 70.0. The summed E-state index contributed by atoms with van der Waals surface area (Å²) in [5, 5.41) is 4.15. The maximum Gasteiger partial charge on any atom is 0.337 e. The topological polar surface area (TPSA) is 59.1 Å². The molecule has 9 aromatic rings. The van der Waals surface area contributed by atoms with Crippen LogP contribution in [0, 0.1) is 0 Å². The van der Waals surface area contributed by atoms with Crippen LogP contribution in [-0.2, 0) is 9.47 Å². The normalized spacial score (nSPS) is 11.0. The Balaban J connectivity index is 1.31. The molecule has 0 heterocycles. The first-order valence-corrected chi connectivity index (χ1v) is 19.7. The van der Waals surface area contributed by atoms with Gasteiger partial charge in [0, 0.05) is 33.8 Å². The molecule has 290 valence electrons. The molecule has 0 spiro atoms. The number of esters is 2. The van der Waals surface area contributed by atoms with Gasteiger partial charge in [-0.3, -0.25) is 0 Å². The number of anilines is 6. The molecule has 0 amide bonds. The largest absolute Gasteiger partial charge is 0.465 e. The fraction of sp³-hybridized carbons (Fsp3) is 0.0370. The third-order valence-corrected chi connectivity index (χ3v) is 10.9. The number of benzene rings is 9. The molecule has 0 aliphatic heterocycles. The molecule has 0 unspecified atom stereocenters. The molecule has 60 heavy (non-hydrogen) atoms. The van der Waals surface area contributed by atoms with Gasteiger partial charge in [-0.25, -0.2) is 9.59 Å². The van der Waals surface area contributed by atoms with Crippen molar-refractivity contribution in [3.63, 3.8) is 0 Å². The number of nitrogens with zero attached hydrogens (tertiary/aromatic N) is 2. The van der Waals surface area contributed by atoms with Crippen LogP contribution >= 0.6 is 0 Å². The van der Waals surface area contributed by atoms with Crippen molar-refractivity contribution in [3.8, 4) is 22.3 Å². The van der Waals surface area contributed by atoms with Crippen molar-refractivity contribution in [3.05, 3.63) is 217 Å². The number of para-hydroxylation sites is 3. The van der Waals surface area contributed by atoms with E-state index in [9.17, 15) is 9.59 Å². The number of carbonyl (C=O) groups is 2. The van der Waals surface area contributed by atoms with Gasteiger partial charge in [-0.05, 0) is 129 Å². The Labute approximate surface area is 349 Å². The minimum Gasteiger partial charge on any atom is -0.465 e. The SMILES string of the molecule is COC(=O)c1ccc(-c2c3ccccc3c(-c3ccc(C(=O)OC)cc3)c3c(N(c4ccccc4)c4ccc(N(c5ccccc5)c5ccccc5)cc4)cccc23)cc1. The zero-order valence-electron chi connectivity index (χ0n) is 33.2. The molecule has 0 bridgehead atoms. The molecule has 0 radical (unpaired) electrons. The lowest BCUT2D eigenvalue weighted by atomic mass is 9.84. The van der Waals surface area contributed by atoms with E-state index in [-0.39, 0.29) is 11.9 Å². The van der Waals surface area contributed by atoms with E-state index in [1.807, 2.05) is 66.7 Å². The minimum absolute atomic E-state index is 0.385. The molecule has 0 N–H and O–H groups in total. The summed E-state index contributed by atoms with van der Waals surface area (Å²) < 4.78 is 10.1. The van der Waals surface area contributed by atoms with Crippen LogP contribution in [0.15, 0.2) is 206 Å². The molecule has 0 aromatic heterocycles. The van der Waals surface area contributed by atoms with Gasteiger partial charge in [-0.1, -0.05) is 115 Å². The monoisotopic (exact) mass is 780 g/mol. The number of methoxy groups -OCH3 is 2. The summed E-state index contributed by atoms with van der Waals surface area (Å²) >= 11 is 0. The summed E-state index contributed by atoms with van der Waals surface area (Å²) in [4.78, 5) is 29.7. The molecular formula is C54H40N2O4. The first-order valence-electron chi connectivity index (χ1n) is 19.7. The van der Waals surface area contributed by atoms with Gasteiger partial charge in [0.15, 0.2) is 0 Å². The standard InChI is InChI=1S/C54H40N2O4/c1-59-53(57)39-29-25-37(26-30-39)50-46-21-12-13-22-47(46)51(38-27-31-40(32-28-38)54(58)60-2)52-48(50)23-14-24-49(52)56(43-19-10-5-11-20-43)45-35-33-44(34-36-45)55(41-15-6-3-7-16-41)42-17-8-4-9-18-42/h3-36H,1-2H3. The third kappa shape index (κ3) is 7.01. The van der Waals surface area contributed by atoms with E-state index < -0.39 is 0 Å². The van der Waals surface area contributed by atoms with Gasteiger partial charge < -0.3 is 19.3 Å². The van der Waals surface area contributed by atoms with Crippen molar-refractivity contribution >= 4 is 67.6 Å². The Kier molecular flexibility index (Phi) is 10.3. The Morgan fingerprint density at radius 2 is 0.717 bits per heavy atom. The van der Waals surface area contributed by atoms with Gasteiger partial charge in [-0.15, -0.1) is 0 Å². The average molecular weight is 781 g/mol. The highest BCUT2D eigenvalue weighted by Crippen LogP contribution is 2.50. The zero-order valence-corrected chi connectivity index (χ0v) is 33.2. The summed E-state index contributed by atoms with van der Waals surface area (Å²) in [6.07, 6.45) is 0. The highest BCUT2D eigenvalue weighted by molar-refractivity contribution is 6.25. The van der Waals surface area contributed by atoms with Crippen LogP contribution in [0.5, 0.6) is 0 Å². The molecular weight excluding hydrogens is 741 g/mol. The molecule has 9 rings (SSSR count). The third-order valence-electron chi connectivity index (χ3n) is 10.9. The molecule has 6 nitrogen and oxygen atoms in total. The van der Waals surface area contributed by atoms with Gasteiger partial charge in [0.25, 0.3) is 0 Å². The van der Waals surface area contributed by atoms with Crippen LogP contribution in [0.4, 0.5) is 34.1 Å². The number of ether oxygens (including phenoxy) is 2. The predicted molar refractivity (Wildman–Crippen MR) is 244 cm³/mol. The van der Waals surface area contributed by atoms with Crippen LogP contribution in [-0.4, -0.2) is 26.2 Å². The summed E-state index contributed by atoms with van der Waals surface area (Å²) in [7, 11) is 2.79. The Bertz CT molecular complexity index is 2910. The molecule has 6 heteroatoms. The van der Waals surface area contributed by atoms with Crippen molar-refractivity contribution in [2.45, 2.75) is 0 Å². The second kappa shape index (κ2) is 16.5. The van der Waals surface area contributed by atoms with Gasteiger partial charge in [0.05, 0.1) is 31.0 Å². The summed E-state index contributed by atoms with van der Waals surface area (Å²) in [6.45, 7) is 0. The summed E-state index contributed by atoms with van der Waals surface area (Å²) in [5.74, 6) is -0.774. The van der Waals surface area contributed by atoms with Crippen molar-refractivity contribution in [1.82, 2.24) is 0 Å². The van der Waals surface area contributed by atoms with E-state index in [0.29, 0.717) is 11.1 Å². The number of rotatable bonds is 10. The molecule has 0 atom stereocenters. The lowest BCUT2D eigenvalue weighted by Gasteiger charge is -2.30. The van der Waals surface area contributed by atoms with E-state index in [2.05, 4.69) is 149 Å². The van der Waals surface area contributed by atoms with Crippen molar-refractivity contribution in [2.24, 2.45) is 0 Å². The average Bonchev–Trinajstić information content (AvgIpc) is 3.32. The molecule has 0 fully saturated rings. The van der Waals surface area contributed by atoms with Crippen LogP contribution in [0.25, 0.3) is 43.8 Å². The second-order valence-corrected chi connectivity index (χ2v) is 14.3. The van der Waals surface area contributed by atoms with E-state index in [0.717, 1.165) is 77.9 Å². The molecule has 0 saturated carbocycles. The molecule has 0 saturated heterocycles. The van der Waals surface area contributed by atoms with Gasteiger partial charge in [-0.2, -0.15) is 0 Å².